The Labute approximate surface area is 166 Å². The monoisotopic (exact) mass is 418 g/mol. The predicted octanol–water partition coefficient (Wildman–Crippen LogP) is 2.29. The van der Waals surface area contributed by atoms with Gasteiger partial charge in [-0.1, -0.05) is 36.4 Å². The van der Waals surface area contributed by atoms with Gasteiger partial charge in [0, 0.05) is 13.1 Å². The van der Waals surface area contributed by atoms with E-state index in [0.29, 0.717) is 0 Å². The third kappa shape index (κ3) is 4.68. The molecule has 9 heteroatoms. The van der Waals surface area contributed by atoms with E-state index in [1.807, 2.05) is 30.3 Å². The van der Waals surface area contributed by atoms with Crippen LogP contribution in [0.5, 0.6) is 0 Å². The Hall–Kier alpha value is -2.91. The van der Waals surface area contributed by atoms with Gasteiger partial charge in [-0.05, 0) is 29.1 Å². The summed E-state index contributed by atoms with van der Waals surface area (Å²) in [5.41, 5.74) is 0.845. The van der Waals surface area contributed by atoms with Crippen LogP contribution >= 0.6 is 11.3 Å². The summed E-state index contributed by atoms with van der Waals surface area (Å²) < 4.78 is 31.2. The maximum atomic E-state index is 12.9. The zero-order valence-corrected chi connectivity index (χ0v) is 16.3. The van der Waals surface area contributed by atoms with Crippen molar-refractivity contribution in [3.8, 4) is 0 Å². The number of rotatable bonds is 7. The maximum absolute atomic E-state index is 12.9. The Bertz CT molecular complexity index is 1010. The van der Waals surface area contributed by atoms with E-state index in [1.54, 1.807) is 17.5 Å². The minimum absolute atomic E-state index is 0.164. The van der Waals surface area contributed by atoms with Crippen molar-refractivity contribution in [1.29, 1.82) is 0 Å². The number of hydrogen-bond acceptors (Lipinski definition) is 6. The van der Waals surface area contributed by atoms with Gasteiger partial charge in [0.1, 0.15) is 15.2 Å². The lowest BCUT2D eigenvalue weighted by atomic mass is 10.2. The number of benzene rings is 1. The van der Waals surface area contributed by atoms with Gasteiger partial charge in [-0.3, -0.25) is 9.59 Å². The van der Waals surface area contributed by atoms with Gasteiger partial charge in [0.2, 0.25) is 0 Å². The summed E-state index contributed by atoms with van der Waals surface area (Å²) in [6.07, 6.45) is 1.36. The zero-order chi connectivity index (χ0) is 20.0. The lowest BCUT2D eigenvalue weighted by Crippen LogP contribution is -2.42. The number of hydrogen-bond donors (Lipinski definition) is 2. The molecule has 146 valence electrons. The Morgan fingerprint density at radius 1 is 0.964 bits per heavy atom. The molecular formula is C19H18N2O5S2. The Kier molecular flexibility index (Phi) is 6.27. The van der Waals surface area contributed by atoms with Crippen molar-refractivity contribution >= 4 is 33.0 Å². The summed E-state index contributed by atoms with van der Waals surface area (Å²) >= 11 is 1.08. The van der Waals surface area contributed by atoms with Crippen molar-refractivity contribution in [1.82, 2.24) is 10.6 Å². The van der Waals surface area contributed by atoms with Gasteiger partial charge < -0.3 is 15.1 Å². The summed E-state index contributed by atoms with van der Waals surface area (Å²) in [6, 6.07) is 15.4. The fraction of sp³-hybridized carbons (Fsp3) is 0.158. The van der Waals surface area contributed by atoms with E-state index in [1.165, 1.54) is 18.4 Å². The standard InChI is InChI=1S/C19H18N2O5S2/c22-18(20-12-14-6-2-1-3-7-14)19(23)21-13-16(15-8-4-10-26-15)28(24,25)17-9-5-11-27-17/h1-11,16H,12-13H2,(H,20,22)(H,21,23)/t16-/m0/s1. The van der Waals surface area contributed by atoms with Gasteiger partial charge in [0.15, 0.2) is 9.84 Å². The molecule has 0 radical (unpaired) electrons. The van der Waals surface area contributed by atoms with Crippen molar-refractivity contribution in [2.75, 3.05) is 6.54 Å². The van der Waals surface area contributed by atoms with Crippen molar-refractivity contribution in [2.24, 2.45) is 0 Å². The minimum atomic E-state index is -3.78. The van der Waals surface area contributed by atoms with E-state index in [9.17, 15) is 18.0 Å². The molecule has 0 aliphatic carbocycles. The number of carbonyl (C=O) groups excluding carboxylic acids is 2. The van der Waals surface area contributed by atoms with E-state index in [2.05, 4.69) is 10.6 Å². The number of thiophene rings is 1. The number of nitrogens with one attached hydrogen (secondary N) is 2. The summed E-state index contributed by atoms with van der Waals surface area (Å²) in [5.74, 6) is -1.55. The number of sulfone groups is 1. The second-order valence-electron chi connectivity index (χ2n) is 5.86. The van der Waals surface area contributed by atoms with Crippen molar-refractivity contribution < 1.29 is 22.4 Å². The molecule has 0 spiro atoms. The van der Waals surface area contributed by atoms with E-state index < -0.39 is 26.9 Å². The lowest BCUT2D eigenvalue weighted by Gasteiger charge is -2.15. The zero-order valence-electron chi connectivity index (χ0n) is 14.7. The quantitative estimate of drug-likeness (QED) is 0.573. The number of carbonyl (C=O) groups is 2. The minimum Gasteiger partial charge on any atom is -0.468 e. The van der Waals surface area contributed by atoms with Crippen LogP contribution in [-0.2, 0) is 26.0 Å². The fourth-order valence-corrected chi connectivity index (χ4v) is 5.32. The van der Waals surface area contributed by atoms with Crippen LogP contribution < -0.4 is 10.6 Å². The molecule has 3 aromatic rings. The second kappa shape index (κ2) is 8.85. The molecule has 0 unspecified atom stereocenters. The van der Waals surface area contributed by atoms with Crippen LogP contribution in [0, 0.1) is 0 Å². The topological polar surface area (TPSA) is 105 Å². The second-order valence-corrected chi connectivity index (χ2v) is 9.16. The van der Waals surface area contributed by atoms with Gasteiger partial charge in [0.05, 0.1) is 6.26 Å². The van der Waals surface area contributed by atoms with Gasteiger partial charge in [0.25, 0.3) is 0 Å². The van der Waals surface area contributed by atoms with Crippen LogP contribution in [0.25, 0.3) is 0 Å². The van der Waals surface area contributed by atoms with E-state index in [-0.39, 0.29) is 23.1 Å². The van der Waals surface area contributed by atoms with Crippen LogP contribution in [0.1, 0.15) is 16.6 Å². The summed E-state index contributed by atoms with van der Waals surface area (Å²) in [7, 11) is -3.78. The third-order valence-corrected chi connectivity index (χ3v) is 7.45. The van der Waals surface area contributed by atoms with Crippen molar-refractivity contribution in [3.63, 3.8) is 0 Å². The van der Waals surface area contributed by atoms with E-state index >= 15 is 0 Å². The van der Waals surface area contributed by atoms with Crippen LogP contribution in [0.4, 0.5) is 0 Å². The molecule has 2 aromatic heterocycles. The van der Waals surface area contributed by atoms with Gasteiger partial charge in [-0.2, -0.15) is 0 Å². The van der Waals surface area contributed by atoms with Gasteiger partial charge >= 0.3 is 11.8 Å². The highest BCUT2D eigenvalue weighted by atomic mass is 32.2. The number of amides is 2. The van der Waals surface area contributed by atoms with Gasteiger partial charge in [-0.15, -0.1) is 11.3 Å². The summed E-state index contributed by atoms with van der Waals surface area (Å²) in [5, 5.41) is 5.41. The molecule has 2 amide bonds. The van der Waals surface area contributed by atoms with Crippen LogP contribution in [-0.4, -0.2) is 26.8 Å². The molecule has 0 aliphatic rings. The SMILES string of the molecule is O=C(NCc1ccccc1)C(=O)NC[C@@H](c1ccco1)S(=O)(=O)c1cccs1. The Morgan fingerprint density at radius 3 is 2.36 bits per heavy atom. The molecule has 1 atom stereocenters. The molecule has 0 saturated carbocycles. The van der Waals surface area contributed by atoms with Crippen molar-refractivity contribution in [2.45, 2.75) is 16.0 Å². The Morgan fingerprint density at radius 2 is 1.71 bits per heavy atom. The highest BCUT2D eigenvalue weighted by Gasteiger charge is 2.33. The summed E-state index contributed by atoms with van der Waals surface area (Å²) in [4.78, 5) is 24.1. The molecule has 28 heavy (non-hydrogen) atoms. The summed E-state index contributed by atoms with van der Waals surface area (Å²) in [6.45, 7) is -0.0897. The van der Waals surface area contributed by atoms with Crippen molar-refractivity contribution in [3.05, 3.63) is 77.6 Å². The molecule has 0 saturated heterocycles. The lowest BCUT2D eigenvalue weighted by molar-refractivity contribution is -0.139. The largest absolute Gasteiger partial charge is 0.468 e. The highest BCUT2D eigenvalue weighted by molar-refractivity contribution is 7.93. The molecule has 0 fully saturated rings. The first kappa shape index (κ1) is 19.8. The smallest absolute Gasteiger partial charge is 0.309 e. The first-order valence-corrected chi connectivity index (χ1v) is 10.8. The predicted molar refractivity (Wildman–Crippen MR) is 104 cm³/mol. The molecule has 7 nitrogen and oxygen atoms in total. The van der Waals surface area contributed by atoms with E-state index in [4.69, 9.17) is 4.42 Å². The molecule has 0 aliphatic heterocycles. The molecule has 3 rings (SSSR count). The normalized spacial score (nSPS) is 12.3. The average Bonchev–Trinajstić information content (AvgIpc) is 3.41. The first-order chi connectivity index (χ1) is 13.5. The van der Waals surface area contributed by atoms with Crippen LogP contribution in [0.15, 0.2) is 74.9 Å². The fourth-order valence-electron chi connectivity index (χ4n) is 2.53. The molecule has 1 aromatic carbocycles. The third-order valence-electron chi connectivity index (χ3n) is 3.96. The highest BCUT2D eigenvalue weighted by Crippen LogP contribution is 2.31. The number of furan rings is 1. The maximum Gasteiger partial charge on any atom is 0.309 e. The average molecular weight is 418 g/mol. The molecule has 0 bridgehead atoms. The Balaban J connectivity index is 1.65. The van der Waals surface area contributed by atoms with Crippen LogP contribution in [0.3, 0.4) is 0 Å². The van der Waals surface area contributed by atoms with Crippen LogP contribution in [0.2, 0.25) is 0 Å². The molecule has 2 N–H and O–H groups in total. The first-order valence-electron chi connectivity index (χ1n) is 8.39. The molecule has 2 heterocycles. The van der Waals surface area contributed by atoms with Gasteiger partial charge in [-0.25, -0.2) is 8.42 Å². The molecular weight excluding hydrogens is 400 g/mol. The van der Waals surface area contributed by atoms with E-state index in [0.717, 1.165) is 16.9 Å².